The molecule has 0 radical (unpaired) electrons. The smallest absolute Gasteiger partial charge is 0.323 e. The molecule has 0 spiro atoms. The van der Waals surface area contributed by atoms with E-state index >= 15 is 0 Å². The Balaban J connectivity index is 1.94. The maximum atomic E-state index is 12.1. The van der Waals surface area contributed by atoms with Crippen LogP contribution < -0.4 is 15.5 Å². The summed E-state index contributed by atoms with van der Waals surface area (Å²) in [4.78, 5) is 29.9. The topological polar surface area (TPSA) is 74.3 Å². The van der Waals surface area contributed by atoms with Crippen LogP contribution in [0.3, 0.4) is 0 Å². The number of rotatable bonds is 4. The molecule has 1 aromatic rings. The first-order valence-electron chi connectivity index (χ1n) is 7.56. The number of carbonyl (C=O) groups excluding carboxylic acids is 2. The van der Waals surface area contributed by atoms with Gasteiger partial charge in [0.25, 0.3) is 0 Å². The Hall–Kier alpha value is -1.63. The van der Waals surface area contributed by atoms with E-state index in [9.17, 15) is 9.59 Å². The van der Waals surface area contributed by atoms with Crippen LogP contribution in [0.25, 0.3) is 0 Å². The van der Waals surface area contributed by atoms with Crippen LogP contribution in [-0.2, 0) is 11.2 Å². The fraction of sp³-hybridized carbons (Fsp3) is 0.667. The highest BCUT2D eigenvalue weighted by atomic mass is 32.1. The zero-order valence-electron chi connectivity index (χ0n) is 13.6. The van der Waals surface area contributed by atoms with Gasteiger partial charge in [-0.2, -0.15) is 0 Å². The normalized spacial score (nSPS) is 17.1. The first-order chi connectivity index (χ1) is 10.3. The molecule has 122 valence electrons. The summed E-state index contributed by atoms with van der Waals surface area (Å²) in [5.41, 5.74) is 0.728. The van der Waals surface area contributed by atoms with E-state index in [0.29, 0.717) is 23.9 Å². The van der Waals surface area contributed by atoms with Gasteiger partial charge >= 0.3 is 6.03 Å². The second-order valence-corrected chi connectivity index (χ2v) is 7.53. The highest BCUT2D eigenvalue weighted by Gasteiger charge is 2.24. The molecule has 1 atom stereocenters. The van der Waals surface area contributed by atoms with Gasteiger partial charge in [-0.05, 0) is 18.8 Å². The molecule has 3 amide bonds. The number of hydrogen-bond donors (Lipinski definition) is 2. The van der Waals surface area contributed by atoms with Crippen LogP contribution in [0, 0.1) is 5.41 Å². The number of carbonyl (C=O) groups is 2. The maximum absolute atomic E-state index is 12.1. The minimum absolute atomic E-state index is 0.0226. The van der Waals surface area contributed by atoms with E-state index in [1.807, 2.05) is 12.3 Å². The number of aromatic nitrogens is 1. The third-order valence-corrected chi connectivity index (χ3v) is 4.78. The first kappa shape index (κ1) is 16.7. The van der Waals surface area contributed by atoms with E-state index in [2.05, 4.69) is 36.4 Å². The average molecular weight is 324 g/mol. The molecule has 6 nitrogen and oxygen atoms in total. The van der Waals surface area contributed by atoms with Crippen molar-refractivity contribution in [1.29, 1.82) is 0 Å². The molecule has 22 heavy (non-hydrogen) atoms. The molecule has 0 aromatic carbocycles. The molecule has 2 rings (SSSR count). The van der Waals surface area contributed by atoms with Crippen LogP contribution in [0.1, 0.15) is 39.8 Å². The molecule has 0 aliphatic carbocycles. The summed E-state index contributed by atoms with van der Waals surface area (Å²) < 4.78 is 0. The van der Waals surface area contributed by atoms with Crippen molar-refractivity contribution in [2.45, 2.75) is 46.6 Å². The van der Waals surface area contributed by atoms with Gasteiger partial charge in [-0.3, -0.25) is 9.69 Å². The predicted octanol–water partition coefficient (Wildman–Crippen LogP) is 2.16. The van der Waals surface area contributed by atoms with Crippen molar-refractivity contribution in [2.75, 3.05) is 18.0 Å². The molecule has 0 bridgehead atoms. The molecular formula is C15H24N4O2S. The number of anilines is 1. The summed E-state index contributed by atoms with van der Waals surface area (Å²) in [5.74, 6) is -0.0395. The monoisotopic (exact) mass is 324 g/mol. The molecule has 1 aliphatic rings. The van der Waals surface area contributed by atoms with Gasteiger partial charge < -0.3 is 10.6 Å². The van der Waals surface area contributed by atoms with E-state index in [0.717, 1.165) is 6.42 Å². The fourth-order valence-electron chi connectivity index (χ4n) is 1.99. The highest BCUT2D eigenvalue weighted by Crippen LogP contribution is 2.23. The van der Waals surface area contributed by atoms with Crippen LogP contribution in [0.15, 0.2) is 5.38 Å². The third-order valence-electron chi connectivity index (χ3n) is 3.87. The lowest BCUT2D eigenvalue weighted by Gasteiger charge is -2.28. The molecule has 0 saturated carbocycles. The molecule has 1 aromatic heterocycles. The standard InChI is InChI=1S/C15H24N4O2S/c1-10(15(2,3)4)17-12(20)8-11-9-22-14(18-11)19-7-5-6-16-13(19)21/h9-10H,5-8H2,1-4H3,(H,16,21)(H,17,20). The van der Waals surface area contributed by atoms with Crippen molar-refractivity contribution < 1.29 is 9.59 Å². The lowest BCUT2D eigenvalue weighted by molar-refractivity contribution is -0.121. The van der Waals surface area contributed by atoms with Gasteiger partial charge in [0.05, 0.1) is 12.1 Å². The van der Waals surface area contributed by atoms with Crippen molar-refractivity contribution >= 4 is 28.4 Å². The molecule has 7 heteroatoms. The summed E-state index contributed by atoms with van der Waals surface area (Å²) in [6, 6.07) is -0.0241. The summed E-state index contributed by atoms with van der Waals surface area (Å²) in [7, 11) is 0. The van der Waals surface area contributed by atoms with E-state index in [1.54, 1.807) is 4.90 Å². The van der Waals surface area contributed by atoms with Crippen molar-refractivity contribution in [1.82, 2.24) is 15.6 Å². The second-order valence-electron chi connectivity index (χ2n) is 6.69. The summed E-state index contributed by atoms with van der Waals surface area (Å²) >= 11 is 1.40. The second kappa shape index (κ2) is 6.64. The van der Waals surface area contributed by atoms with Gasteiger partial charge in [-0.15, -0.1) is 11.3 Å². The lowest BCUT2D eigenvalue weighted by Crippen LogP contribution is -2.46. The molecule has 1 fully saturated rings. The van der Waals surface area contributed by atoms with E-state index in [4.69, 9.17) is 0 Å². The number of nitrogens with one attached hydrogen (secondary N) is 2. The summed E-state index contributed by atoms with van der Waals surface area (Å²) in [6.07, 6.45) is 1.15. The number of amides is 3. The zero-order valence-corrected chi connectivity index (χ0v) is 14.4. The van der Waals surface area contributed by atoms with E-state index in [-0.39, 0.29) is 29.8 Å². The van der Waals surface area contributed by atoms with Crippen LogP contribution in [0.4, 0.5) is 9.93 Å². The Morgan fingerprint density at radius 3 is 2.91 bits per heavy atom. The van der Waals surface area contributed by atoms with Gasteiger partial charge in [0, 0.05) is 24.5 Å². The summed E-state index contributed by atoms with van der Waals surface area (Å²) in [6.45, 7) is 9.66. The Kier molecular flexibility index (Phi) is 5.05. The van der Waals surface area contributed by atoms with Crippen molar-refractivity contribution in [2.24, 2.45) is 5.41 Å². The first-order valence-corrected chi connectivity index (χ1v) is 8.44. The van der Waals surface area contributed by atoms with Crippen LogP contribution in [0.5, 0.6) is 0 Å². The van der Waals surface area contributed by atoms with Gasteiger partial charge in [0.2, 0.25) is 5.91 Å². The molecule has 1 unspecified atom stereocenters. The van der Waals surface area contributed by atoms with Crippen molar-refractivity contribution in [3.05, 3.63) is 11.1 Å². The number of urea groups is 1. The summed E-state index contributed by atoms with van der Waals surface area (Å²) in [5, 5.41) is 8.30. The minimum Gasteiger partial charge on any atom is -0.353 e. The van der Waals surface area contributed by atoms with E-state index < -0.39 is 0 Å². The Morgan fingerprint density at radius 1 is 1.55 bits per heavy atom. The molecule has 1 saturated heterocycles. The van der Waals surface area contributed by atoms with E-state index in [1.165, 1.54) is 11.3 Å². The van der Waals surface area contributed by atoms with Crippen LogP contribution in [-0.4, -0.2) is 36.1 Å². The molecular weight excluding hydrogens is 300 g/mol. The van der Waals surface area contributed by atoms with Gasteiger partial charge in [0.1, 0.15) is 0 Å². The van der Waals surface area contributed by atoms with Gasteiger partial charge in [0.15, 0.2) is 5.13 Å². The Morgan fingerprint density at radius 2 is 2.27 bits per heavy atom. The molecule has 2 N–H and O–H groups in total. The minimum atomic E-state index is -0.113. The largest absolute Gasteiger partial charge is 0.353 e. The van der Waals surface area contributed by atoms with Crippen LogP contribution in [0.2, 0.25) is 0 Å². The highest BCUT2D eigenvalue weighted by molar-refractivity contribution is 7.14. The van der Waals surface area contributed by atoms with Crippen molar-refractivity contribution in [3.63, 3.8) is 0 Å². The Bertz CT molecular complexity index is 550. The number of hydrogen-bond acceptors (Lipinski definition) is 4. The number of thiazole rings is 1. The number of nitrogens with zero attached hydrogens (tertiary/aromatic N) is 2. The quantitative estimate of drug-likeness (QED) is 0.891. The van der Waals surface area contributed by atoms with Gasteiger partial charge in [-0.25, -0.2) is 9.78 Å². The predicted molar refractivity (Wildman–Crippen MR) is 88.2 cm³/mol. The van der Waals surface area contributed by atoms with Crippen LogP contribution >= 0.6 is 11.3 Å². The lowest BCUT2D eigenvalue weighted by atomic mass is 9.88. The molecule has 2 heterocycles. The zero-order chi connectivity index (χ0) is 16.3. The SMILES string of the molecule is CC(NC(=O)Cc1csc(N2CCCNC2=O)n1)C(C)(C)C. The fourth-order valence-corrected chi connectivity index (χ4v) is 2.84. The third kappa shape index (κ3) is 4.19. The van der Waals surface area contributed by atoms with Gasteiger partial charge in [-0.1, -0.05) is 20.8 Å². The van der Waals surface area contributed by atoms with Crippen molar-refractivity contribution in [3.8, 4) is 0 Å². The molecule has 1 aliphatic heterocycles. The average Bonchev–Trinajstić information content (AvgIpc) is 2.86. The Labute approximate surface area is 135 Å². The maximum Gasteiger partial charge on any atom is 0.323 e.